The molecule has 31 heavy (non-hydrogen) atoms. The highest BCUT2D eigenvalue weighted by atomic mass is 32.2. The van der Waals surface area contributed by atoms with E-state index in [9.17, 15) is 24.3 Å². The lowest BCUT2D eigenvalue weighted by Crippen LogP contribution is -2.71. The summed E-state index contributed by atoms with van der Waals surface area (Å²) in [4.78, 5) is 50.3. The Balaban J connectivity index is 1.79. The summed E-state index contributed by atoms with van der Waals surface area (Å²) in [7, 11) is 1.26. The summed E-state index contributed by atoms with van der Waals surface area (Å²) >= 11 is 1.36. The van der Waals surface area contributed by atoms with Crippen molar-refractivity contribution in [1.29, 1.82) is 0 Å². The minimum atomic E-state index is -1.06. The number of thioether (sulfide) groups is 1. The summed E-state index contributed by atoms with van der Waals surface area (Å²) in [5, 5.41) is 14.8. The number of rotatable bonds is 7. The van der Waals surface area contributed by atoms with E-state index >= 15 is 0 Å². The van der Waals surface area contributed by atoms with Crippen LogP contribution in [0.15, 0.2) is 42.1 Å². The molecule has 1 aromatic rings. The Hall–Kier alpha value is -3.01. The fraction of sp³-hybridized carbons (Fsp3) is 0.429. The van der Waals surface area contributed by atoms with Crippen LogP contribution in [0.4, 0.5) is 0 Å². The molecule has 10 heteroatoms. The fourth-order valence-corrected chi connectivity index (χ4v) is 5.46. The minimum Gasteiger partial charge on any atom is -0.480 e. The number of allylic oxidation sites excluding steroid dienone is 1. The predicted octanol–water partition coefficient (Wildman–Crippen LogP) is 1.03. The maximum absolute atomic E-state index is 13.1. The summed E-state index contributed by atoms with van der Waals surface area (Å²) in [5.74, 6) is -2.51. The van der Waals surface area contributed by atoms with E-state index < -0.39 is 52.0 Å². The van der Waals surface area contributed by atoms with Crippen LogP contribution in [0.3, 0.4) is 0 Å². The number of nitrogens with zero attached hydrogens (tertiary/aromatic N) is 1. The molecule has 2 aliphatic heterocycles. The summed E-state index contributed by atoms with van der Waals surface area (Å²) in [6.45, 7) is 5.18. The number of benzene rings is 1. The Morgan fingerprint density at radius 2 is 1.90 bits per heavy atom. The molecule has 0 aliphatic carbocycles. The number of β-lactam (4-membered cyclic amide) rings is 1. The van der Waals surface area contributed by atoms with Gasteiger partial charge in [-0.05, 0) is 26.3 Å². The number of esters is 1. The van der Waals surface area contributed by atoms with Crippen LogP contribution in [0.1, 0.15) is 32.4 Å². The first-order valence-electron chi connectivity index (χ1n) is 9.67. The smallest absolute Gasteiger partial charge is 0.332 e. The third kappa shape index (κ3) is 4.39. The third-order valence-corrected chi connectivity index (χ3v) is 6.85. The topological polar surface area (TPSA) is 125 Å². The van der Waals surface area contributed by atoms with Gasteiger partial charge in [-0.1, -0.05) is 30.3 Å². The van der Waals surface area contributed by atoms with Gasteiger partial charge in [0, 0.05) is 16.5 Å². The number of hydrogen-bond acceptors (Lipinski definition) is 7. The Labute approximate surface area is 184 Å². The van der Waals surface area contributed by atoms with E-state index in [1.165, 1.54) is 29.8 Å². The average molecular weight is 448 g/mol. The van der Waals surface area contributed by atoms with Gasteiger partial charge in [0.1, 0.15) is 23.5 Å². The first-order chi connectivity index (χ1) is 14.6. The first-order valence-corrected chi connectivity index (χ1v) is 10.6. The number of carbonyl (C=O) groups is 4. The zero-order valence-corrected chi connectivity index (χ0v) is 18.4. The molecule has 3 N–H and O–H groups in total. The predicted molar refractivity (Wildman–Crippen MR) is 114 cm³/mol. The van der Waals surface area contributed by atoms with Gasteiger partial charge in [0.2, 0.25) is 11.8 Å². The van der Waals surface area contributed by atoms with E-state index in [1.807, 2.05) is 6.07 Å². The third-order valence-electron chi connectivity index (χ3n) is 5.28. The summed E-state index contributed by atoms with van der Waals surface area (Å²) in [6, 6.07) is 6.25. The Kier molecular flexibility index (Phi) is 6.30. The Bertz CT molecular complexity index is 932. The zero-order chi connectivity index (χ0) is 22.9. The van der Waals surface area contributed by atoms with E-state index in [1.54, 1.807) is 45.0 Å². The standard InChI is InChI=1S/C21H25N3O6S/c1-11(10-13(25)30-4)22-14(12-8-6-5-7-9-12)17(26)23-15-18(27)24-16(20(28)29)21(2,3)31-19(15)24/h5-10,14-16,19,22H,1-4H3,(H,23,26)(H,28,29)/b11-10-/t14-,15-,16+,19-/m1/s1. The van der Waals surface area contributed by atoms with E-state index in [2.05, 4.69) is 15.4 Å². The lowest BCUT2D eigenvalue weighted by molar-refractivity contribution is -0.161. The molecule has 1 aromatic carbocycles. The molecule has 4 atom stereocenters. The highest BCUT2D eigenvalue weighted by Gasteiger charge is 2.64. The SMILES string of the molecule is COC(=O)/C=C(/C)N[C@@H](C(=O)N[C@@H]1C(=O)N2[C@@H]1SC(C)(C)[C@@H]2C(=O)O)c1ccccc1. The molecule has 0 saturated carbocycles. The first kappa shape index (κ1) is 22.7. The lowest BCUT2D eigenvalue weighted by atomic mass is 9.95. The lowest BCUT2D eigenvalue weighted by Gasteiger charge is -2.44. The highest BCUT2D eigenvalue weighted by molar-refractivity contribution is 8.01. The van der Waals surface area contributed by atoms with Crippen LogP contribution in [0.5, 0.6) is 0 Å². The van der Waals surface area contributed by atoms with Gasteiger partial charge in [-0.2, -0.15) is 0 Å². The number of methoxy groups -OCH3 is 1. The average Bonchev–Trinajstić information content (AvgIpc) is 2.98. The van der Waals surface area contributed by atoms with Gasteiger partial charge in [-0.25, -0.2) is 9.59 Å². The number of fused-ring (bicyclic) bond motifs is 1. The van der Waals surface area contributed by atoms with Crippen molar-refractivity contribution in [2.45, 2.75) is 49.0 Å². The molecule has 166 valence electrons. The molecule has 2 aliphatic rings. The van der Waals surface area contributed by atoms with Crippen molar-refractivity contribution in [3.63, 3.8) is 0 Å². The van der Waals surface area contributed by atoms with Crippen molar-refractivity contribution in [3.05, 3.63) is 47.7 Å². The zero-order valence-electron chi connectivity index (χ0n) is 17.6. The van der Waals surface area contributed by atoms with Gasteiger partial charge in [-0.15, -0.1) is 11.8 Å². The van der Waals surface area contributed by atoms with Crippen molar-refractivity contribution < 1.29 is 29.0 Å². The normalized spacial score (nSPS) is 25.2. The molecule has 0 radical (unpaired) electrons. The number of carbonyl (C=O) groups excluding carboxylic acids is 3. The molecule has 0 bridgehead atoms. The molecule has 2 heterocycles. The number of amides is 2. The number of carboxylic acid groups (broad SMARTS) is 1. The van der Waals surface area contributed by atoms with Crippen molar-refractivity contribution in [1.82, 2.24) is 15.5 Å². The van der Waals surface area contributed by atoms with Crippen molar-refractivity contribution in [2.75, 3.05) is 7.11 Å². The van der Waals surface area contributed by atoms with Gasteiger partial charge in [-0.3, -0.25) is 9.59 Å². The second-order valence-corrected chi connectivity index (χ2v) is 9.69. The van der Waals surface area contributed by atoms with Crippen LogP contribution < -0.4 is 10.6 Å². The molecule has 2 fully saturated rings. The fourth-order valence-electron chi connectivity index (χ4n) is 3.83. The molecule has 0 spiro atoms. The van der Waals surface area contributed by atoms with E-state index in [-0.39, 0.29) is 0 Å². The quantitative estimate of drug-likeness (QED) is 0.322. The summed E-state index contributed by atoms with van der Waals surface area (Å²) in [5.41, 5.74) is 1.06. The van der Waals surface area contributed by atoms with Crippen LogP contribution in [0, 0.1) is 0 Å². The minimum absolute atomic E-state index is 0.416. The maximum atomic E-state index is 13.1. The summed E-state index contributed by atoms with van der Waals surface area (Å²) < 4.78 is 3.94. The second-order valence-electron chi connectivity index (χ2n) is 7.92. The van der Waals surface area contributed by atoms with Crippen LogP contribution >= 0.6 is 11.8 Å². The number of ether oxygens (including phenoxy) is 1. The van der Waals surface area contributed by atoms with Crippen LogP contribution in [-0.2, 0) is 23.9 Å². The Morgan fingerprint density at radius 3 is 2.48 bits per heavy atom. The van der Waals surface area contributed by atoms with Gasteiger partial charge >= 0.3 is 11.9 Å². The van der Waals surface area contributed by atoms with E-state index in [0.717, 1.165) is 0 Å². The molecule has 2 amide bonds. The molecule has 0 unspecified atom stereocenters. The largest absolute Gasteiger partial charge is 0.480 e. The Morgan fingerprint density at radius 1 is 1.26 bits per heavy atom. The van der Waals surface area contributed by atoms with Gasteiger partial charge in [0.15, 0.2) is 0 Å². The number of aliphatic carboxylic acids is 1. The maximum Gasteiger partial charge on any atom is 0.332 e. The second kappa shape index (κ2) is 8.62. The molecule has 0 aromatic heterocycles. The molecule has 9 nitrogen and oxygen atoms in total. The van der Waals surface area contributed by atoms with E-state index in [0.29, 0.717) is 11.3 Å². The van der Waals surface area contributed by atoms with Gasteiger partial charge in [0.05, 0.1) is 7.11 Å². The number of nitrogens with one attached hydrogen (secondary N) is 2. The van der Waals surface area contributed by atoms with Crippen LogP contribution in [0.2, 0.25) is 0 Å². The number of hydrogen-bond donors (Lipinski definition) is 3. The number of carboxylic acids is 1. The molecular weight excluding hydrogens is 422 g/mol. The van der Waals surface area contributed by atoms with Crippen molar-refractivity contribution in [3.8, 4) is 0 Å². The van der Waals surface area contributed by atoms with Crippen LogP contribution in [-0.4, -0.2) is 63.1 Å². The molecule has 2 saturated heterocycles. The van der Waals surface area contributed by atoms with Gasteiger partial charge in [0.25, 0.3) is 0 Å². The van der Waals surface area contributed by atoms with Crippen molar-refractivity contribution >= 4 is 35.5 Å². The summed E-state index contributed by atoms with van der Waals surface area (Å²) in [6.07, 6.45) is 1.23. The molecular formula is C21H25N3O6S. The monoisotopic (exact) mass is 447 g/mol. The highest BCUT2D eigenvalue weighted by Crippen LogP contribution is 2.50. The van der Waals surface area contributed by atoms with E-state index in [4.69, 9.17) is 0 Å². The van der Waals surface area contributed by atoms with Crippen LogP contribution in [0.25, 0.3) is 0 Å². The van der Waals surface area contributed by atoms with Crippen molar-refractivity contribution in [2.24, 2.45) is 0 Å². The van der Waals surface area contributed by atoms with Gasteiger partial charge < -0.3 is 25.4 Å². The molecule has 3 rings (SSSR count).